The molecule has 1 saturated heterocycles. The van der Waals surface area contributed by atoms with E-state index in [1.165, 1.54) is 17.0 Å². The smallest absolute Gasteiger partial charge is 0.322 e. The molecule has 0 aliphatic carbocycles. The third-order valence-corrected chi connectivity index (χ3v) is 6.61. The normalized spacial score (nSPS) is 14.7. The molecule has 5 rings (SSSR count). The maximum Gasteiger partial charge on any atom is 0.322 e. The molecule has 2 aliphatic rings. The first-order chi connectivity index (χ1) is 19.0. The fraction of sp³-hybridized carbons (Fsp3) is 0.357. The molecule has 3 heterocycles. The summed E-state index contributed by atoms with van der Waals surface area (Å²) in [5.41, 5.74) is 0.897. The van der Waals surface area contributed by atoms with Crippen molar-refractivity contribution < 1.29 is 32.6 Å². The van der Waals surface area contributed by atoms with Crippen molar-refractivity contribution in [3.8, 4) is 11.5 Å². The van der Waals surface area contributed by atoms with Crippen LogP contribution in [0.4, 0.5) is 14.9 Å². The highest BCUT2D eigenvalue weighted by molar-refractivity contribution is 5.92. The lowest BCUT2D eigenvalue weighted by atomic mass is 10.2. The van der Waals surface area contributed by atoms with Crippen molar-refractivity contribution in [2.45, 2.75) is 13.1 Å². The van der Waals surface area contributed by atoms with Crippen molar-refractivity contribution in [1.82, 2.24) is 14.7 Å². The Morgan fingerprint density at radius 3 is 2.56 bits per heavy atom. The number of carbonyl (C=O) groups is 2. The number of carbonyl (C=O) groups excluding carboxylic acids is 2. The van der Waals surface area contributed by atoms with E-state index >= 15 is 0 Å². The predicted molar refractivity (Wildman–Crippen MR) is 140 cm³/mol. The van der Waals surface area contributed by atoms with Crippen molar-refractivity contribution in [1.29, 1.82) is 0 Å². The van der Waals surface area contributed by atoms with Crippen LogP contribution in [0.3, 0.4) is 0 Å². The number of amides is 3. The molecule has 206 valence electrons. The minimum absolute atomic E-state index is 0.0547. The molecule has 0 unspecified atom stereocenters. The number of furan rings is 1. The number of hydrogen-bond acceptors (Lipinski definition) is 7. The summed E-state index contributed by atoms with van der Waals surface area (Å²) in [7, 11) is 0. The van der Waals surface area contributed by atoms with Gasteiger partial charge < -0.3 is 33.7 Å². The number of anilines is 1. The summed E-state index contributed by atoms with van der Waals surface area (Å²) in [6, 6.07) is 14.5. The van der Waals surface area contributed by atoms with Gasteiger partial charge in [-0.15, -0.1) is 0 Å². The molecule has 0 spiro atoms. The third kappa shape index (κ3) is 7.06. The molecule has 3 aromatic rings. The van der Waals surface area contributed by atoms with E-state index in [9.17, 15) is 14.0 Å². The molecule has 0 radical (unpaired) electrons. The monoisotopic (exact) mass is 538 g/mol. The van der Waals surface area contributed by atoms with E-state index in [1.54, 1.807) is 35.4 Å². The lowest BCUT2D eigenvalue weighted by Gasteiger charge is -2.31. The molecular weight excluding hydrogens is 507 g/mol. The van der Waals surface area contributed by atoms with Gasteiger partial charge in [-0.3, -0.25) is 9.69 Å². The van der Waals surface area contributed by atoms with Crippen LogP contribution in [-0.4, -0.2) is 79.4 Å². The molecule has 0 bridgehead atoms. The molecule has 0 atom stereocenters. The summed E-state index contributed by atoms with van der Waals surface area (Å²) < 4.78 is 36.1. The van der Waals surface area contributed by atoms with E-state index in [0.717, 1.165) is 18.7 Å². The first-order valence-corrected chi connectivity index (χ1v) is 12.8. The standard InChI is InChI=1S/C28H31FN4O6/c29-23-5-1-2-6-24(23)30-28(35)32(10-9-31-11-14-36-15-12-31)19-27(34)33(18-22-4-3-13-37-22)17-21-7-8-25-26(16-21)39-20-38-25/h1-8,13,16H,9-12,14-15,17-20H2,(H,30,35). The van der Waals surface area contributed by atoms with Crippen molar-refractivity contribution in [2.24, 2.45) is 0 Å². The van der Waals surface area contributed by atoms with Crippen LogP contribution in [-0.2, 0) is 22.6 Å². The molecule has 2 aliphatic heterocycles. The SMILES string of the molecule is O=C(CN(CCN1CCOCC1)C(=O)Nc1ccccc1F)N(Cc1ccc2c(c1)OCO2)Cc1ccco1. The number of nitrogens with zero attached hydrogens (tertiary/aromatic N) is 3. The van der Waals surface area contributed by atoms with Gasteiger partial charge in [0.15, 0.2) is 11.5 Å². The second-order valence-corrected chi connectivity index (χ2v) is 9.30. The number of nitrogens with one attached hydrogen (secondary N) is 1. The Hall–Kier alpha value is -4.09. The molecule has 2 aromatic carbocycles. The van der Waals surface area contributed by atoms with Crippen LogP contribution in [0.15, 0.2) is 65.3 Å². The van der Waals surface area contributed by atoms with Gasteiger partial charge in [0.1, 0.15) is 18.1 Å². The number of morpholine rings is 1. The average molecular weight is 539 g/mol. The Kier molecular flexibility index (Phi) is 8.59. The number of urea groups is 1. The minimum atomic E-state index is -0.553. The molecule has 3 amide bonds. The predicted octanol–water partition coefficient (Wildman–Crippen LogP) is 3.54. The summed E-state index contributed by atoms with van der Waals surface area (Å²) in [6.07, 6.45) is 1.55. The van der Waals surface area contributed by atoms with E-state index in [-0.39, 0.29) is 44.6 Å². The highest BCUT2D eigenvalue weighted by Crippen LogP contribution is 2.33. The fourth-order valence-corrected chi connectivity index (χ4v) is 4.44. The van der Waals surface area contributed by atoms with Gasteiger partial charge in [0.05, 0.1) is 31.7 Å². The van der Waals surface area contributed by atoms with Gasteiger partial charge in [-0.25, -0.2) is 9.18 Å². The summed E-state index contributed by atoms with van der Waals surface area (Å²) in [5.74, 6) is 1.05. The zero-order valence-corrected chi connectivity index (χ0v) is 21.5. The first kappa shape index (κ1) is 26.5. The van der Waals surface area contributed by atoms with Crippen molar-refractivity contribution in [3.05, 3.63) is 78.0 Å². The summed E-state index contributed by atoms with van der Waals surface area (Å²) in [6.45, 7) is 4.00. The highest BCUT2D eigenvalue weighted by atomic mass is 19.1. The molecule has 39 heavy (non-hydrogen) atoms. The highest BCUT2D eigenvalue weighted by Gasteiger charge is 2.25. The van der Waals surface area contributed by atoms with Gasteiger partial charge in [-0.05, 0) is 42.0 Å². The Bertz CT molecular complexity index is 1260. The number of rotatable bonds is 10. The number of hydrogen-bond donors (Lipinski definition) is 1. The van der Waals surface area contributed by atoms with Crippen LogP contribution in [0.2, 0.25) is 0 Å². The Morgan fingerprint density at radius 2 is 1.77 bits per heavy atom. The van der Waals surface area contributed by atoms with Gasteiger partial charge in [0.2, 0.25) is 12.7 Å². The molecular formula is C28H31FN4O6. The lowest BCUT2D eigenvalue weighted by molar-refractivity contribution is -0.133. The molecule has 1 aromatic heterocycles. The van der Waals surface area contributed by atoms with Gasteiger partial charge in [-0.1, -0.05) is 18.2 Å². The number of fused-ring (bicyclic) bond motifs is 1. The molecule has 1 fully saturated rings. The zero-order valence-electron chi connectivity index (χ0n) is 21.5. The van der Waals surface area contributed by atoms with Crippen LogP contribution < -0.4 is 14.8 Å². The molecule has 11 heteroatoms. The van der Waals surface area contributed by atoms with Crippen LogP contribution >= 0.6 is 0 Å². The van der Waals surface area contributed by atoms with Gasteiger partial charge in [0.25, 0.3) is 0 Å². The third-order valence-electron chi connectivity index (χ3n) is 6.61. The van der Waals surface area contributed by atoms with E-state index in [4.69, 9.17) is 18.6 Å². The van der Waals surface area contributed by atoms with Gasteiger partial charge in [-0.2, -0.15) is 0 Å². The number of halogens is 1. The Labute approximate surface area is 225 Å². The second-order valence-electron chi connectivity index (χ2n) is 9.30. The van der Waals surface area contributed by atoms with E-state index in [0.29, 0.717) is 37.0 Å². The summed E-state index contributed by atoms with van der Waals surface area (Å²) in [4.78, 5) is 32.2. The molecule has 1 N–H and O–H groups in total. The lowest BCUT2D eigenvalue weighted by Crippen LogP contribution is -2.48. The molecule has 0 saturated carbocycles. The number of benzene rings is 2. The van der Waals surface area contributed by atoms with Crippen molar-refractivity contribution >= 4 is 17.6 Å². The maximum absolute atomic E-state index is 14.3. The second kappa shape index (κ2) is 12.6. The quantitative estimate of drug-likeness (QED) is 0.422. The average Bonchev–Trinajstić information content (AvgIpc) is 3.64. The first-order valence-electron chi connectivity index (χ1n) is 12.8. The summed E-state index contributed by atoms with van der Waals surface area (Å²) in [5, 5.41) is 2.61. The Morgan fingerprint density at radius 1 is 0.949 bits per heavy atom. The van der Waals surface area contributed by atoms with Crippen LogP contribution in [0.5, 0.6) is 11.5 Å². The maximum atomic E-state index is 14.3. The zero-order chi connectivity index (χ0) is 27.0. The fourth-order valence-electron chi connectivity index (χ4n) is 4.44. The molecule has 10 nitrogen and oxygen atoms in total. The number of para-hydroxylation sites is 1. The minimum Gasteiger partial charge on any atom is -0.467 e. The van der Waals surface area contributed by atoms with Crippen LogP contribution in [0.1, 0.15) is 11.3 Å². The van der Waals surface area contributed by atoms with Crippen molar-refractivity contribution in [3.63, 3.8) is 0 Å². The van der Waals surface area contributed by atoms with Crippen LogP contribution in [0, 0.1) is 5.82 Å². The van der Waals surface area contributed by atoms with Gasteiger partial charge >= 0.3 is 6.03 Å². The van der Waals surface area contributed by atoms with E-state index in [1.807, 2.05) is 18.2 Å². The van der Waals surface area contributed by atoms with E-state index in [2.05, 4.69) is 10.2 Å². The topological polar surface area (TPSA) is 96.7 Å². The van der Waals surface area contributed by atoms with E-state index < -0.39 is 11.8 Å². The summed E-state index contributed by atoms with van der Waals surface area (Å²) >= 11 is 0. The van der Waals surface area contributed by atoms with Crippen molar-refractivity contribution in [2.75, 3.05) is 58.0 Å². The van der Waals surface area contributed by atoms with Crippen LogP contribution in [0.25, 0.3) is 0 Å². The Balaban J connectivity index is 1.32. The largest absolute Gasteiger partial charge is 0.467 e. The van der Waals surface area contributed by atoms with Gasteiger partial charge in [0, 0.05) is 32.7 Å². The number of ether oxygens (including phenoxy) is 3.